The third-order valence-electron chi connectivity index (χ3n) is 12.4. The fourth-order valence-corrected chi connectivity index (χ4v) is 10.6. The van der Waals surface area contributed by atoms with Crippen molar-refractivity contribution in [2.45, 2.75) is 275 Å². The first kappa shape index (κ1) is 66.2. The molecule has 0 aliphatic heterocycles. The van der Waals surface area contributed by atoms with Crippen LogP contribution in [0.3, 0.4) is 0 Å². The molecule has 1 saturated carbocycles. The molecular weight excluding hydrogens is 961 g/mol. The summed E-state index contributed by atoms with van der Waals surface area (Å²) in [4.78, 5) is 73.4. The van der Waals surface area contributed by atoms with Gasteiger partial charge in [0, 0.05) is 12.8 Å². The van der Waals surface area contributed by atoms with E-state index in [0.717, 1.165) is 51.4 Å². The molecule has 0 aromatic rings. The first-order chi connectivity index (χ1) is 32.8. The topological polar surface area (TPSA) is 303 Å². The summed E-state index contributed by atoms with van der Waals surface area (Å²) in [5, 5.41) is 31.9. The van der Waals surface area contributed by atoms with Crippen molar-refractivity contribution in [2.24, 2.45) is 0 Å². The molecule has 8 atom stereocenters. The average molecular weight is 1060 g/mol. The zero-order chi connectivity index (χ0) is 51.4. The molecule has 1 aliphatic carbocycles. The minimum atomic E-state index is -5.60. The largest absolute Gasteiger partial charge is 0.472 e. The lowest BCUT2D eigenvalue weighted by atomic mass is 9.85. The Labute approximate surface area is 413 Å². The molecule has 19 nitrogen and oxygen atoms in total. The van der Waals surface area contributed by atoms with E-state index < -0.39 is 91.3 Å². The molecule has 0 radical (unpaired) electrons. The lowest BCUT2D eigenvalue weighted by Crippen LogP contribution is -2.65. The van der Waals surface area contributed by atoms with Crippen molar-refractivity contribution in [3.63, 3.8) is 0 Å². The maximum Gasteiger partial charge on any atom is 0.472 e. The van der Waals surface area contributed by atoms with Gasteiger partial charge in [0.15, 0.2) is 6.10 Å². The Morgan fingerprint density at radius 3 is 1.06 bits per heavy atom. The number of rotatable bonds is 46. The van der Waals surface area contributed by atoms with Crippen LogP contribution in [0.15, 0.2) is 0 Å². The summed E-state index contributed by atoms with van der Waals surface area (Å²) in [6.07, 6.45) is 21.0. The van der Waals surface area contributed by atoms with E-state index in [1.54, 1.807) is 0 Å². The summed E-state index contributed by atoms with van der Waals surface area (Å²) < 4.78 is 65.6. The van der Waals surface area contributed by atoms with Crippen LogP contribution in [-0.2, 0) is 50.9 Å². The lowest BCUT2D eigenvalue weighted by molar-refractivity contribution is -0.213. The molecule has 0 spiro atoms. The van der Waals surface area contributed by atoms with Gasteiger partial charge in [-0.05, 0) is 12.8 Å². The van der Waals surface area contributed by atoms with Gasteiger partial charge in [0.25, 0.3) is 0 Å². The summed E-state index contributed by atoms with van der Waals surface area (Å²) >= 11 is 0. The third-order valence-corrected chi connectivity index (χ3v) is 14.4. The molecule has 1 rings (SSSR count). The number of phosphoric ester groups is 3. The highest BCUT2D eigenvalue weighted by Crippen LogP contribution is 2.51. The number of esters is 2. The van der Waals surface area contributed by atoms with E-state index in [-0.39, 0.29) is 12.8 Å². The quantitative estimate of drug-likeness (QED) is 0.0160. The molecule has 1 aliphatic rings. The number of phosphoric acid groups is 3. The number of carbonyl (C=O) groups excluding carboxylic acids is 2. The van der Waals surface area contributed by atoms with Crippen molar-refractivity contribution in [3.05, 3.63) is 0 Å². The number of aliphatic hydroxyl groups is 3. The number of hydrogen-bond acceptors (Lipinski definition) is 14. The Balaban J connectivity index is 2.65. The van der Waals surface area contributed by atoms with Crippen LogP contribution in [0, 0.1) is 0 Å². The van der Waals surface area contributed by atoms with Crippen LogP contribution in [0.1, 0.15) is 232 Å². The summed E-state index contributed by atoms with van der Waals surface area (Å²) in [6, 6.07) is 0. The number of ether oxygens (including phenoxy) is 2. The minimum absolute atomic E-state index is 0.00635. The molecule has 0 amide bonds. The highest BCUT2D eigenvalue weighted by molar-refractivity contribution is 7.47. The number of unbranched alkanes of at least 4 members (excludes halogenated alkanes) is 30. The number of hydrogen-bond donors (Lipinski definition) is 8. The highest BCUT2D eigenvalue weighted by atomic mass is 31.2. The van der Waals surface area contributed by atoms with Crippen molar-refractivity contribution in [1.29, 1.82) is 0 Å². The Kier molecular flexibility index (Phi) is 38.0. The molecule has 0 heterocycles. The van der Waals surface area contributed by atoms with Crippen LogP contribution in [-0.4, -0.2) is 108 Å². The first-order valence-corrected chi connectivity index (χ1v) is 30.9. The van der Waals surface area contributed by atoms with Gasteiger partial charge in [0.05, 0.1) is 6.61 Å². The van der Waals surface area contributed by atoms with Gasteiger partial charge in [-0.15, -0.1) is 0 Å². The summed E-state index contributed by atoms with van der Waals surface area (Å²) in [5.74, 6) is -1.28. The van der Waals surface area contributed by atoms with Gasteiger partial charge in [-0.3, -0.25) is 27.7 Å². The number of carbonyl (C=O) groups is 2. The van der Waals surface area contributed by atoms with E-state index in [0.29, 0.717) is 12.8 Å². The predicted octanol–water partition coefficient (Wildman–Crippen LogP) is 10.3. The van der Waals surface area contributed by atoms with E-state index in [9.17, 15) is 63.1 Å². The fraction of sp³-hybridized carbons (Fsp3) is 0.957. The fourth-order valence-electron chi connectivity index (χ4n) is 8.47. The molecule has 0 bridgehead atoms. The molecule has 1 unspecified atom stereocenters. The van der Waals surface area contributed by atoms with Crippen LogP contribution in [0.25, 0.3) is 0 Å². The summed E-state index contributed by atoms with van der Waals surface area (Å²) in [5.41, 5.74) is 0. The smallest absolute Gasteiger partial charge is 0.462 e. The highest BCUT2D eigenvalue weighted by Gasteiger charge is 2.56. The third kappa shape index (κ3) is 35.9. The molecule has 69 heavy (non-hydrogen) atoms. The van der Waals surface area contributed by atoms with Crippen molar-refractivity contribution in [1.82, 2.24) is 0 Å². The van der Waals surface area contributed by atoms with Crippen molar-refractivity contribution in [3.8, 4) is 0 Å². The molecular formula is C47H93O19P3. The Bertz CT molecular complexity index is 1450. The van der Waals surface area contributed by atoms with Gasteiger partial charge in [0.1, 0.15) is 43.2 Å². The van der Waals surface area contributed by atoms with Crippen LogP contribution >= 0.6 is 23.5 Å². The predicted molar refractivity (Wildman–Crippen MR) is 262 cm³/mol. The van der Waals surface area contributed by atoms with E-state index >= 15 is 0 Å². The van der Waals surface area contributed by atoms with Crippen LogP contribution in [0.2, 0.25) is 0 Å². The van der Waals surface area contributed by atoms with Crippen molar-refractivity contribution >= 4 is 35.4 Å². The zero-order valence-electron chi connectivity index (χ0n) is 41.9. The first-order valence-electron chi connectivity index (χ1n) is 26.3. The van der Waals surface area contributed by atoms with Crippen molar-refractivity contribution in [2.75, 3.05) is 13.2 Å². The Hall–Kier alpha value is -0.850. The monoisotopic (exact) mass is 1050 g/mol. The van der Waals surface area contributed by atoms with Crippen LogP contribution in [0.4, 0.5) is 0 Å². The molecule has 0 aromatic heterocycles. The normalized spacial score (nSPS) is 21.2. The SMILES string of the molecule is CCCCCCCCCCCCCCCCCCCC(=O)OC[C@H](COP(=O)(O)O[C@H]1[C@H](O)[C@H](O)[C@H](OP(=O)(O)O)[C@@H](OP(=O)(O)O)[C@@H]1O)OC(=O)CCCCCCCCCCCCCCCCC. The maximum absolute atomic E-state index is 13.1. The van der Waals surface area contributed by atoms with Gasteiger partial charge >= 0.3 is 35.4 Å². The van der Waals surface area contributed by atoms with Gasteiger partial charge in [-0.1, -0.05) is 206 Å². The minimum Gasteiger partial charge on any atom is -0.462 e. The van der Waals surface area contributed by atoms with Gasteiger partial charge < -0.3 is 49.3 Å². The van der Waals surface area contributed by atoms with Gasteiger partial charge in [-0.2, -0.15) is 0 Å². The maximum atomic E-state index is 13.1. The molecule has 410 valence electrons. The second-order valence-electron chi connectivity index (χ2n) is 18.8. The van der Waals surface area contributed by atoms with Crippen molar-refractivity contribution < 1.29 is 90.6 Å². The molecule has 1 fully saturated rings. The number of aliphatic hydroxyl groups excluding tert-OH is 3. The lowest BCUT2D eigenvalue weighted by Gasteiger charge is -2.44. The van der Waals surface area contributed by atoms with E-state index in [1.165, 1.54) is 141 Å². The Morgan fingerprint density at radius 2 is 0.710 bits per heavy atom. The zero-order valence-corrected chi connectivity index (χ0v) is 44.6. The summed E-state index contributed by atoms with van der Waals surface area (Å²) in [6.45, 7) is 2.99. The molecule has 8 N–H and O–H groups in total. The molecule has 22 heteroatoms. The standard InChI is InChI=1S/C47H93O19P3/c1-3-5-7-9-11-13-15-17-19-20-22-23-25-27-29-31-33-35-40(48)61-37-39(63-41(49)36-34-32-30-28-26-24-21-18-16-14-12-10-8-6-4-2)38-62-69(59,60)66-45-42(50)43(51)46(64-67(53,54)55)47(44(45)52)65-68(56,57)58/h39,42-47,50-52H,3-38H2,1-2H3,(H,59,60)(H2,53,54,55)(H2,56,57,58)/t39-,42-,43+,44-,45+,46+,47+/m1/s1. The van der Waals surface area contributed by atoms with Crippen LogP contribution < -0.4 is 0 Å². The van der Waals surface area contributed by atoms with Gasteiger partial charge in [0.2, 0.25) is 0 Å². The second kappa shape index (κ2) is 39.6. The van der Waals surface area contributed by atoms with E-state index in [1.807, 2.05) is 0 Å². The Morgan fingerprint density at radius 1 is 0.406 bits per heavy atom. The van der Waals surface area contributed by atoms with Gasteiger partial charge in [-0.25, -0.2) is 13.7 Å². The second-order valence-corrected chi connectivity index (χ2v) is 22.6. The molecule has 0 aromatic carbocycles. The summed E-state index contributed by atoms with van der Waals surface area (Å²) in [7, 11) is -16.6. The van der Waals surface area contributed by atoms with E-state index in [2.05, 4.69) is 22.9 Å². The van der Waals surface area contributed by atoms with E-state index in [4.69, 9.17) is 18.5 Å². The average Bonchev–Trinajstić information content (AvgIpc) is 3.28. The van der Waals surface area contributed by atoms with Crippen LogP contribution in [0.5, 0.6) is 0 Å². The molecule has 0 saturated heterocycles.